The minimum atomic E-state index is -0.288. The number of likely N-dealkylation sites (N-methyl/N-ethyl adjacent to an activating group) is 1. The lowest BCUT2D eigenvalue weighted by Crippen LogP contribution is -2.44. The third-order valence-electron chi connectivity index (χ3n) is 6.42. The molecule has 0 radical (unpaired) electrons. The summed E-state index contributed by atoms with van der Waals surface area (Å²) in [7, 11) is 2.18. The van der Waals surface area contributed by atoms with E-state index < -0.39 is 0 Å². The molecule has 0 bridgehead atoms. The van der Waals surface area contributed by atoms with Gasteiger partial charge >= 0.3 is 5.97 Å². The molecule has 188 valence electrons. The Labute approximate surface area is 214 Å². The number of piperazine rings is 1. The summed E-state index contributed by atoms with van der Waals surface area (Å²) in [5.74, 6) is 1.25. The first-order valence-corrected chi connectivity index (χ1v) is 13.2. The van der Waals surface area contributed by atoms with Crippen molar-refractivity contribution < 1.29 is 14.3 Å². The highest BCUT2D eigenvalue weighted by molar-refractivity contribution is 7.17. The van der Waals surface area contributed by atoms with E-state index in [1.807, 2.05) is 48.7 Å². The van der Waals surface area contributed by atoms with Crippen molar-refractivity contribution in [3.05, 3.63) is 53.7 Å². The van der Waals surface area contributed by atoms with E-state index in [9.17, 15) is 4.79 Å². The number of aromatic nitrogens is 2. The van der Waals surface area contributed by atoms with Crippen molar-refractivity contribution in [1.29, 1.82) is 0 Å². The van der Waals surface area contributed by atoms with Crippen LogP contribution in [0.3, 0.4) is 0 Å². The van der Waals surface area contributed by atoms with Gasteiger partial charge in [0.25, 0.3) is 0 Å². The number of rotatable bonds is 9. The van der Waals surface area contributed by atoms with Crippen LogP contribution >= 0.6 is 11.3 Å². The second-order valence-corrected chi connectivity index (χ2v) is 9.87. The average Bonchev–Trinajstić information content (AvgIpc) is 3.31. The number of nitrogens with zero attached hydrogens (tertiary/aromatic N) is 4. The van der Waals surface area contributed by atoms with Crippen LogP contribution in [0.15, 0.2) is 48.1 Å². The van der Waals surface area contributed by atoms with Crippen molar-refractivity contribution in [1.82, 2.24) is 19.8 Å². The molecule has 1 aliphatic heterocycles. The number of carbonyl (C=O) groups excluding carboxylic acids is 1. The quantitative estimate of drug-likeness (QED) is 0.257. The maximum Gasteiger partial charge on any atom is 0.339 e. The van der Waals surface area contributed by atoms with Crippen molar-refractivity contribution in [2.24, 2.45) is 0 Å². The molecule has 5 rings (SSSR count). The lowest BCUT2D eigenvalue weighted by molar-refractivity contribution is 0.0529. The molecule has 3 heterocycles. The monoisotopic (exact) mass is 505 g/mol. The van der Waals surface area contributed by atoms with Crippen LogP contribution in [0.5, 0.6) is 5.75 Å². The van der Waals surface area contributed by atoms with Crippen LogP contribution in [-0.2, 0) is 4.74 Å². The van der Waals surface area contributed by atoms with Gasteiger partial charge in [-0.2, -0.15) is 0 Å². The van der Waals surface area contributed by atoms with Crippen molar-refractivity contribution in [3.63, 3.8) is 0 Å². The van der Waals surface area contributed by atoms with Gasteiger partial charge in [-0.25, -0.2) is 14.8 Å². The van der Waals surface area contributed by atoms with Crippen LogP contribution in [0.25, 0.3) is 21.0 Å². The van der Waals surface area contributed by atoms with E-state index in [4.69, 9.17) is 9.47 Å². The first-order valence-electron chi connectivity index (χ1n) is 12.3. The Hall–Kier alpha value is -3.27. The van der Waals surface area contributed by atoms with Gasteiger partial charge in [0.2, 0.25) is 0 Å². The number of thiophene rings is 1. The first kappa shape index (κ1) is 24.4. The number of esters is 1. The summed E-state index contributed by atoms with van der Waals surface area (Å²) < 4.78 is 12.2. The molecule has 0 unspecified atom stereocenters. The Morgan fingerprint density at radius 2 is 1.92 bits per heavy atom. The van der Waals surface area contributed by atoms with Crippen molar-refractivity contribution >= 4 is 49.8 Å². The van der Waals surface area contributed by atoms with Gasteiger partial charge in [0.05, 0.1) is 24.3 Å². The zero-order valence-electron chi connectivity index (χ0n) is 20.7. The minimum Gasteiger partial charge on any atom is -0.493 e. The molecule has 1 aliphatic rings. The van der Waals surface area contributed by atoms with Crippen LogP contribution in [0.4, 0.5) is 11.5 Å². The molecule has 1 saturated heterocycles. The highest BCUT2D eigenvalue weighted by Gasteiger charge is 2.15. The molecule has 1 fully saturated rings. The molecular formula is C27H31N5O3S. The summed E-state index contributed by atoms with van der Waals surface area (Å²) in [6.07, 6.45) is 2.56. The number of fused-ring (bicyclic) bond motifs is 2. The molecule has 0 spiro atoms. The molecule has 4 aromatic rings. The third kappa shape index (κ3) is 5.59. The van der Waals surface area contributed by atoms with Gasteiger partial charge < -0.3 is 24.6 Å². The van der Waals surface area contributed by atoms with Gasteiger partial charge in [-0.1, -0.05) is 6.07 Å². The third-order valence-corrected chi connectivity index (χ3v) is 7.37. The number of hydrogen-bond donors (Lipinski definition) is 1. The van der Waals surface area contributed by atoms with Gasteiger partial charge in [0.15, 0.2) is 0 Å². The summed E-state index contributed by atoms with van der Waals surface area (Å²) >= 11 is 1.52. The van der Waals surface area contributed by atoms with Crippen LogP contribution < -0.4 is 10.1 Å². The standard InChI is InChI=1S/C27H31N5O3S/c1-3-34-27(33)23-17-36-25-15-19(5-7-21(23)25)30-26-22-8-6-20(16-24(22)28-18-29-26)35-14-4-9-32-12-10-31(2)11-13-32/h5-8,15-18H,3-4,9-14H2,1-2H3,(H,28,29,30). The van der Waals surface area contributed by atoms with Gasteiger partial charge in [-0.15, -0.1) is 11.3 Å². The molecule has 1 N–H and O–H groups in total. The summed E-state index contributed by atoms with van der Waals surface area (Å²) in [5.41, 5.74) is 2.32. The number of carbonyl (C=O) groups is 1. The summed E-state index contributed by atoms with van der Waals surface area (Å²) in [6.45, 7) is 8.45. The highest BCUT2D eigenvalue weighted by atomic mass is 32.1. The number of hydrogen-bond acceptors (Lipinski definition) is 9. The lowest BCUT2D eigenvalue weighted by atomic mass is 10.1. The Balaban J connectivity index is 1.23. The molecule has 0 saturated carbocycles. The molecule has 0 atom stereocenters. The summed E-state index contributed by atoms with van der Waals surface area (Å²) in [6, 6.07) is 11.8. The van der Waals surface area contributed by atoms with Crippen LogP contribution in [-0.4, -0.2) is 78.7 Å². The topological polar surface area (TPSA) is 79.8 Å². The van der Waals surface area contributed by atoms with E-state index in [1.165, 1.54) is 11.3 Å². The zero-order valence-corrected chi connectivity index (χ0v) is 21.5. The smallest absolute Gasteiger partial charge is 0.339 e. The fraction of sp³-hybridized carbons (Fsp3) is 0.370. The Bertz CT molecular complexity index is 1350. The van der Waals surface area contributed by atoms with E-state index in [1.54, 1.807) is 6.33 Å². The number of benzene rings is 2. The van der Waals surface area contributed by atoms with Crippen LogP contribution in [0.1, 0.15) is 23.7 Å². The van der Waals surface area contributed by atoms with Crippen LogP contribution in [0, 0.1) is 0 Å². The van der Waals surface area contributed by atoms with Gasteiger partial charge in [0.1, 0.15) is 17.9 Å². The van der Waals surface area contributed by atoms with Crippen molar-refractivity contribution in [3.8, 4) is 5.75 Å². The minimum absolute atomic E-state index is 0.288. The maximum absolute atomic E-state index is 12.2. The summed E-state index contributed by atoms with van der Waals surface area (Å²) in [4.78, 5) is 26.0. The maximum atomic E-state index is 12.2. The second kappa shape index (κ2) is 11.2. The predicted molar refractivity (Wildman–Crippen MR) is 145 cm³/mol. The Kier molecular flexibility index (Phi) is 7.60. The first-order chi connectivity index (χ1) is 17.6. The van der Waals surface area contributed by atoms with Gasteiger partial charge in [0, 0.05) is 65.3 Å². The molecule has 2 aromatic carbocycles. The second-order valence-electron chi connectivity index (χ2n) is 8.95. The van der Waals surface area contributed by atoms with Gasteiger partial charge in [-0.05, 0) is 44.7 Å². The molecule has 9 heteroatoms. The van der Waals surface area contributed by atoms with E-state index in [2.05, 4.69) is 32.1 Å². The van der Waals surface area contributed by atoms with E-state index in [-0.39, 0.29) is 5.97 Å². The number of anilines is 2. The molecule has 2 aromatic heterocycles. The average molecular weight is 506 g/mol. The van der Waals surface area contributed by atoms with Crippen LogP contribution in [0.2, 0.25) is 0 Å². The molecule has 36 heavy (non-hydrogen) atoms. The van der Waals surface area contributed by atoms with Crippen molar-refractivity contribution in [2.45, 2.75) is 13.3 Å². The normalized spacial score (nSPS) is 14.8. The van der Waals surface area contributed by atoms with Crippen molar-refractivity contribution in [2.75, 3.05) is 58.3 Å². The fourth-order valence-corrected chi connectivity index (χ4v) is 5.35. The largest absolute Gasteiger partial charge is 0.493 e. The number of ether oxygens (including phenoxy) is 2. The van der Waals surface area contributed by atoms with E-state index in [0.717, 1.165) is 77.4 Å². The highest BCUT2D eigenvalue weighted by Crippen LogP contribution is 2.32. The van der Waals surface area contributed by atoms with E-state index in [0.29, 0.717) is 18.8 Å². The molecule has 0 amide bonds. The molecule has 8 nitrogen and oxygen atoms in total. The predicted octanol–water partition coefficient (Wildman–Crippen LogP) is 4.78. The Morgan fingerprint density at radius 3 is 2.75 bits per heavy atom. The SMILES string of the molecule is CCOC(=O)c1csc2cc(Nc3ncnc4cc(OCCCN5CCN(C)CC5)ccc34)ccc12. The Morgan fingerprint density at radius 1 is 1.08 bits per heavy atom. The number of nitrogens with one attached hydrogen (secondary N) is 1. The fourth-order valence-electron chi connectivity index (χ4n) is 4.39. The zero-order chi connectivity index (χ0) is 24.9. The lowest BCUT2D eigenvalue weighted by Gasteiger charge is -2.32. The van der Waals surface area contributed by atoms with Gasteiger partial charge in [-0.3, -0.25) is 0 Å². The molecule has 0 aliphatic carbocycles. The summed E-state index contributed by atoms with van der Waals surface area (Å²) in [5, 5.41) is 7.06. The molecular weight excluding hydrogens is 474 g/mol. The van der Waals surface area contributed by atoms with E-state index >= 15 is 0 Å².